The van der Waals surface area contributed by atoms with Gasteiger partial charge < -0.3 is 0 Å². The van der Waals surface area contributed by atoms with Crippen molar-refractivity contribution in [3.63, 3.8) is 0 Å². The fourth-order valence-corrected chi connectivity index (χ4v) is 9.05. The topological polar surface area (TPSA) is 0 Å². The monoisotopic (exact) mass is 322 g/mol. The van der Waals surface area contributed by atoms with E-state index in [-0.39, 0.29) is 0 Å². The Morgan fingerprint density at radius 1 is 1.17 bits per heavy atom. The van der Waals surface area contributed by atoms with Crippen LogP contribution in [0.15, 0.2) is 0 Å². The molecule has 0 radical (unpaired) electrons. The standard InChI is InChI=1S/C14H26S4/c1-5-12-15-7-11(18-12)6-10(2)13-16-8-14(3,4)9-17-13/h10-13H,5-9H2,1-4H3. The molecular formula is C14H26S4. The Morgan fingerprint density at radius 2 is 1.83 bits per heavy atom. The van der Waals surface area contributed by atoms with Gasteiger partial charge >= 0.3 is 0 Å². The van der Waals surface area contributed by atoms with E-state index >= 15 is 0 Å². The van der Waals surface area contributed by atoms with Crippen molar-refractivity contribution in [2.24, 2.45) is 11.3 Å². The van der Waals surface area contributed by atoms with Gasteiger partial charge in [0.2, 0.25) is 0 Å². The first-order valence-corrected chi connectivity index (χ1v) is 11.1. The summed E-state index contributed by atoms with van der Waals surface area (Å²) in [5.74, 6) is 4.96. The van der Waals surface area contributed by atoms with Crippen molar-refractivity contribution in [2.75, 3.05) is 17.3 Å². The molecule has 3 unspecified atom stereocenters. The van der Waals surface area contributed by atoms with Gasteiger partial charge in [-0.15, -0.1) is 47.0 Å². The van der Waals surface area contributed by atoms with Crippen molar-refractivity contribution in [3.05, 3.63) is 0 Å². The molecule has 2 aliphatic rings. The maximum atomic E-state index is 2.48. The Balaban J connectivity index is 1.74. The highest BCUT2D eigenvalue weighted by atomic mass is 32.2. The number of rotatable bonds is 4. The number of hydrogen-bond donors (Lipinski definition) is 0. The molecule has 2 fully saturated rings. The highest BCUT2D eigenvalue weighted by molar-refractivity contribution is 8.20. The van der Waals surface area contributed by atoms with E-state index in [9.17, 15) is 0 Å². The van der Waals surface area contributed by atoms with Crippen molar-refractivity contribution in [1.82, 2.24) is 0 Å². The molecule has 2 heterocycles. The molecule has 18 heavy (non-hydrogen) atoms. The Kier molecular flexibility index (Phi) is 6.06. The van der Waals surface area contributed by atoms with E-state index in [1.165, 1.54) is 30.1 Å². The summed E-state index contributed by atoms with van der Waals surface area (Å²) in [6.07, 6.45) is 2.76. The number of hydrogen-bond acceptors (Lipinski definition) is 4. The van der Waals surface area contributed by atoms with Gasteiger partial charge in [-0.3, -0.25) is 0 Å². The summed E-state index contributed by atoms with van der Waals surface area (Å²) in [5, 5.41) is 0.922. The summed E-state index contributed by atoms with van der Waals surface area (Å²) in [5.41, 5.74) is 0.552. The normalized spacial score (nSPS) is 34.7. The average molecular weight is 323 g/mol. The van der Waals surface area contributed by atoms with Crippen molar-refractivity contribution >= 4 is 47.0 Å². The van der Waals surface area contributed by atoms with Crippen LogP contribution in [0.1, 0.15) is 40.5 Å². The van der Waals surface area contributed by atoms with Gasteiger partial charge in [-0.05, 0) is 24.2 Å². The molecule has 0 spiro atoms. The third-order valence-electron chi connectivity index (χ3n) is 3.52. The Bertz CT molecular complexity index is 257. The predicted molar refractivity (Wildman–Crippen MR) is 94.2 cm³/mol. The van der Waals surface area contributed by atoms with Crippen LogP contribution in [0.2, 0.25) is 0 Å². The van der Waals surface area contributed by atoms with Crippen LogP contribution in [0.5, 0.6) is 0 Å². The van der Waals surface area contributed by atoms with Crippen LogP contribution < -0.4 is 0 Å². The van der Waals surface area contributed by atoms with Gasteiger partial charge in [0.05, 0.1) is 9.16 Å². The van der Waals surface area contributed by atoms with Gasteiger partial charge in [-0.2, -0.15) is 0 Å². The second kappa shape index (κ2) is 6.91. The fraction of sp³-hybridized carbons (Fsp3) is 1.00. The minimum absolute atomic E-state index is 0.552. The Morgan fingerprint density at radius 3 is 2.39 bits per heavy atom. The zero-order valence-corrected chi connectivity index (χ0v) is 15.2. The van der Waals surface area contributed by atoms with Crippen LogP contribution in [-0.2, 0) is 0 Å². The summed E-state index contributed by atoms with van der Waals surface area (Å²) < 4.78 is 1.73. The fourth-order valence-electron chi connectivity index (χ4n) is 2.41. The SMILES string of the molecule is CCC1SCC(CC(C)C2SCC(C)(C)CS2)S1. The van der Waals surface area contributed by atoms with Crippen molar-refractivity contribution in [3.8, 4) is 0 Å². The molecule has 0 aromatic heterocycles. The Labute approximate surface area is 130 Å². The molecule has 0 aliphatic carbocycles. The van der Waals surface area contributed by atoms with Gasteiger partial charge in [0.25, 0.3) is 0 Å². The van der Waals surface area contributed by atoms with E-state index in [1.807, 2.05) is 0 Å². The molecule has 2 rings (SSSR count). The smallest absolute Gasteiger partial charge is 0.0528 e. The van der Waals surface area contributed by atoms with Crippen LogP contribution in [0.25, 0.3) is 0 Å². The zero-order chi connectivity index (χ0) is 13.2. The second-order valence-electron chi connectivity index (χ2n) is 6.30. The molecule has 3 atom stereocenters. The van der Waals surface area contributed by atoms with Crippen LogP contribution in [-0.4, -0.2) is 31.7 Å². The quantitative estimate of drug-likeness (QED) is 0.676. The molecule has 0 aromatic rings. The van der Waals surface area contributed by atoms with Crippen molar-refractivity contribution in [1.29, 1.82) is 0 Å². The molecule has 0 amide bonds. The lowest BCUT2D eigenvalue weighted by molar-refractivity contribution is 0.481. The summed E-state index contributed by atoms with van der Waals surface area (Å²) >= 11 is 8.87. The molecule has 0 nitrogen and oxygen atoms in total. The average Bonchev–Trinajstić information content (AvgIpc) is 2.76. The van der Waals surface area contributed by atoms with Gasteiger partial charge in [0.1, 0.15) is 0 Å². The zero-order valence-electron chi connectivity index (χ0n) is 12.0. The molecule has 4 heteroatoms. The highest BCUT2D eigenvalue weighted by Crippen LogP contribution is 2.47. The van der Waals surface area contributed by atoms with Gasteiger partial charge in [-0.25, -0.2) is 0 Å². The molecule has 106 valence electrons. The van der Waals surface area contributed by atoms with E-state index in [0.717, 1.165) is 20.3 Å². The van der Waals surface area contributed by atoms with Gasteiger partial charge in [-0.1, -0.05) is 27.7 Å². The summed E-state index contributed by atoms with van der Waals surface area (Å²) in [6.45, 7) is 9.62. The van der Waals surface area contributed by atoms with Crippen LogP contribution in [0.3, 0.4) is 0 Å². The van der Waals surface area contributed by atoms with E-state index < -0.39 is 0 Å². The summed E-state index contributed by atoms with van der Waals surface area (Å²) in [7, 11) is 0. The maximum Gasteiger partial charge on any atom is 0.0528 e. The largest absolute Gasteiger partial charge is 0.147 e. The molecule has 2 saturated heterocycles. The Hall–Kier alpha value is 1.40. The van der Waals surface area contributed by atoms with Gasteiger partial charge in [0.15, 0.2) is 0 Å². The van der Waals surface area contributed by atoms with E-state index in [1.54, 1.807) is 0 Å². The first kappa shape index (κ1) is 15.8. The molecule has 0 bridgehead atoms. The third kappa shape index (κ3) is 4.46. The summed E-state index contributed by atoms with van der Waals surface area (Å²) in [6, 6.07) is 0. The van der Waals surface area contributed by atoms with E-state index in [0.29, 0.717) is 5.41 Å². The number of thioether (sulfide) groups is 4. The van der Waals surface area contributed by atoms with Crippen molar-refractivity contribution in [2.45, 2.75) is 55.0 Å². The molecular weight excluding hydrogens is 296 g/mol. The lowest BCUT2D eigenvalue weighted by atomic mass is 10.00. The molecule has 0 N–H and O–H groups in total. The molecule has 0 aromatic carbocycles. The lowest BCUT2D eigenvalue weighted by Gasteiger charge is -2.36. The van der Waals surface area contributed by atoms with E-state index in [4.69, 9.17) is 0 Å². The van der Waals surface area contributed by atoms with Crippen LogP contribution in [0, 0.1) is 11.3 Å². The second-order valence-corrected chi connectivity index (χ2v) is 11.9. The lowest BCUT2D eigenvalue weighted by Crippen LogP contribution is -2.29. The van der Waals surface area contributed by atoms with Crippen molar-refractivity contribution < 1.29 is 0 Å². The molecule has 2 aliphatic heterocycles. The summed E-state index contributed by atoms with van der Waals surface area (Å²) in [4.78, 5) is 0. The van der Waals surface area contributed by atoms with Gasteiger partial charge in [0, 0.05) is 22.5 Å². The third-order valence-corrected chi connectivity index (χ3v) is 11.5. The minimum Gasteiger partial charge on any atom is -0.147 e. The maximum absolute atomic E-state index is 2.48. The first-order valence-electron chi connectivity index (χ1n) is 7.00. The highest BCUT2D eigenvalue weighted by Gasteiger charge is 2.33. The van der Waals surface area contributed by atoms with Crippen LogP contribution >= 0.6 is 47.0 Å². The van der Waals surface area contributed by atoms with Crippen LogP contribution in [0.4, 0.5) is 0 Å². The first-order chi connectivity index (χ1) is 8.50. The molecule has 0 saturated carbocycles. The van der Waals surface area contributed by atoms with E-state index in [2.05, 4.69) is 74.7 Å². The minimum atomic E-state index is 0.552. The predicted octanol–water partition coefficient (Wildman–Crippen LogP) is 5.43.